The lowest BCUT2D eigenvalue weighted by Crippen LogP contribution is -2.07. The predicted octanol–water partition coefficient (Wildman–Crippen LogP) is 9.65. The molecule has 0 atom stereocenters. The van der Waals surface area contributed by atoms with E-state index in [4.69, 9.17) is 4.42 Å². The Kier molecular flexibility index (Phi) is 6.37. The van der Waals surface area contributed by atoms with Crippen molar-refractivity contribution in [2.75, 3.05) is 0 Å². The Bertz CT molecular complexity index is 2650. The first-order valence-corrected chi connectivity index (χ1v) is 15.5. The van der Waals surface area contributed by atoms with Gasteiger partial charge in [0.15, 0.2) is 5.58 Å². The van der Waals surface area contributed by atoms with Crippen molar-refractivity contribution in [3.8, 4) is 56.3 Å². The van der Waals surface area contributed by atoms with Crippen LogP contribution in [0.2, 0.25) is 0 Å². The van der Waals surface area contributed by atoms with E-state index < -0.39 is 0 Å². The van der Waals surface area contributed by atoms with Gasteiger partial charge < -0.3 is 8.98 Å². The van der Waals surface area contributed by atoms with Crippen molar-refractivity contribution in [1.29, 1.82) is 5.26 Å². The molecule has 3 aromatic carbocycles. The molecule has 0 saturated carbocycles. The smallest absolute Gasteiger partial charge is 0.161 e. The van der Waals surface area contributed by atoms with Crippen molar-refractivity contribution in [2.45, 2.75) is 0 Å². The maximum Gasteiger partial charge on any atom is 0.161 e. The molecule has 48 heavy (non-hydrogen) atoms. The molecule has 0 fully saturated rings. The van der Waals surface area contributed by atoms with Gasteiger partial charge in [-0.1, -0.05) is 24.3 Å². The summed E-state index contributed by atoms with van der Waals surface area (Å²) in [6.45, 7) is 0. The van der Waals surface area contributed by atoms with Gasteiger partial charge >= 0.3 is 0 Å². The van der Waals surface area contributed by atoms with Crippen molar-refractivity contribution in [3.05, 3.63) is 152 Å². The zero-order chi connectivity index (χ0) is 32.0. The second kappa shape index (κ2) is 11.2. The Morgan fingerprint density at radius 1 is 0.500 bits per heavy atom. The van der Waals surface area contributed by atoms with Crippen molar-refractivity contribution in [1.82, 2.24) is 24.5 Å². The minimum Gasteiger partial charge on any atom is -0.454 e. The molecule has 0 unspecified atom stereocenters. The first-order valence-electron chi connectivity index (χ1n) is 15.5. The van der Waals surface area contributed by atoms with Crippen LogP contribution in [0.1, 0.15) is 5.56 Å². The number of benzene rings is 3. The molecule has 0 aliphatic heterocycles. The van der Waals surface area contributed by atoms with Crippen LogP contribution in [-0.4, -0.2) is 24.5 Å². The number of furan rings is 1. The fraction of sp³-hybridized carbons (Fsp3) is 0. The summed E-state index contributed by atoms with van der Waals surface area (Å²) < 4.78 is 8.79. The van der Waals surface area contributed by atoms with Crippen molar-refractivity contribution in [3.63, 3.8) is 0 Å². The SMILES string of the molecule is N#Cc1c(-c2ccncc2)c(-c2ccncc2)c(-c2ccncc2)c(-c2ccncc2)c1-n1c2ccccc2c2oc3ccccc3c21. The third-order valence-electron chi connectivity index (χ3n) is 8.87. The minimum atomic E-state index is 0.519. The topological polar surface area (TPSA) is 93.4 Å². The maximum atomic E-state index is 11.4. The standard InChI is InChI=1S/C41H24N6O/c42-25-32-35(26-9-17-43-18-10-26)36(27-11-19-44-20-12-27)37(28-13-21-45-22-14-28)38(29-15-23-46-24-16-29)39(32)47-33-7-3-1-5-30(33)41-40(47)31-6-2-4-8-34(31)48-41/h1-24H. The molecule has 0 aliphatic carbocycles. The molecule has 0 spiro atoms. The monoisotopic (exact) mass is 616 g/mol. The van der Waals surface area contributed by atoms with E-state index >= 15 is 0 Å². The molecule has 0 N–H and O–H groups in total. The van der Waals surface area contributed by atoms with Gasteiger partial charge in [0.1, 0.15) is 17.2 Å². The van der Waals surface area contributed by atoms with E-state index in [0.29, 0.717) is 5.56 Å². The number of fused-ring (bicyclic) bond motifs is 5. The summed E-state index contributed by atoms with van der Waals surface area (Å²) in [7, 11) is 0. The average Bonchev–Trinajstić information content (AvgIpc) is 3.70. The van der Waals surface area contributed by atoms with Gasteiger partial charge in [-0.05, 0) is 101 Å². The highest BCUT2D eigenvalue weighted by Gasteiger charge is 2.31. The molecular formula is C41H24N6O. The number of hydrogen-bond donors (Lipinski definition) is 0. The van der Waals surface area contributed by atoms with Crippen LogP contribution in [0.5, 0.6) is 0 Å². The molecule has 0 aliphatic rings. The normalized spacial score (nSPS) is 11.3. The molecule has 9 aromatic rings. The molecule has 224 valence electrons. The average molecular weight is 617 g/mol. The molecule has 0 amide bonds. The van der Waals surface area contributed by atoms with Gasteiger partial charge in [-0.15, -0.1) is 0 Å². The van der Waals surface area contributed by atoms with Crippen molar-refractivity contribution >= 4 is 33.0 Å². The zero-order valence-corrected chi connectivity index (χ0v) is 25.4. The molecular weight excluding hydrogens is 592 g/mol. The van der Waals surface area contributed by atoms with E-state index in [1.165, 1.54) is 0 Å². The van der Waals surface area contributed by atoms with Gasteiger partial charge in [0, 0.05) is 77.0 Å². The largest absolute Gasteiger partial charge is 0.454 e. The molecule has 6 heterocycles. The lowest BCUT2D eigenvalue weighted by Gasteiger charge is -2.26. The zero-order valence-electron chi connectivity index (χ0n) is 25.4. The van der Waals surface area contributed by atoms with Gasteiger partial charge in [-0.25, -0.2) is 0 Å². The van der Waals surface area contributed by atoms with Crippen LogP contribution in [0.4, 0.5) is 0 Å². The lowest BCUT2D eigenvalue weighted by atomic mass is 9.79. The molecule has 0 saturated heterocycles. The molecule has 7 nitrogen and oxygen atoms in total. The molecule has 7 heteroatoms. The predicted molar refractivity (Wildman–Crippen MR) is 188 cm³/mol. The number of nitrogens with zero attached hydrogens (tertiary/aromatic N) is 6. The highest BCUT2D eigenvalue weighted by molar-refractivity contribution is 6.18. The van der Waals surface area contributed by atoms with E-state index in [1.54, 1.807) is 49.6 Å². The summed E-state index contributed by atoms with van der Waals surface area (Å²) in [4.78, 5) is 17.4. The van der Waals surface area contributed by atoms with Crippen molar-refractivity contribution in [2.24, 2.45) is 0 Å². The Morgan fingerprint density at radius 3 is 1.52 bits per heavy atom. The third-order valence-corrected chi connectivity index (χ3v) is 8.87. The third kappa shape index (κ3) is 4.14. The summed E-state index contributed by atoms with van der Waals surface area (Å²) in [5.74, 6) is 0. The molecule has 9 rings (SSSR count). The Balaban J connectivity index is 1.62. The van der Waals surface area contributed by atoms with Gasteiger partial charge in [-0.3, -0.25) is 19.9 Å². The fourth-order valence-electron chi connectivity index (χ4n) is 6.94. The van der Waals surface area contributed by atoms with Crippen molar-refractivity contribution < 1.29 is 4.42 Å². The van der Waals surface area contributed by atoms with E-state index in [2.05, 4.69) is 48.8 Å². The summed E-state index contributed by atoms with van der Waals surface area (Å²) in [5.41, 5.74) is 11.9. The maximum absolute atomic E-state index is 11.4. The summed E-state index contributed by atoms with van der Waals surface area (Å²) in [6.07, 6.45) is 14.3. The lowest BCUT2D eigenvalue weighted by molar-refractivity contribution is 0.673. The van der Waals surface area contributed by atoms with Crippen LogP contribution >= 0.6 is 0 Å². The van der Waals surface area contributed by atoms with E-state index in [-0.39, 0.29) is 0 Å². The van der Waals surface area contributed by atoms with E-state index in [0.717, 1.165) is 83.2 Å². The molecule has 0 radical (unpaired) electrons. The van der Waals surface area contributed by atoms with Crippen LogP contribution in [0.25, 0.3) is 83.2 Å². The van der Waals surface area contributed by atoms with Gasteiger partial charge in [0.05, 0.1) is 16.8 Å². The molecule has 6 aromatic heterocycles. The summed E-state index contributed by atoms with van der Waals surface area (Å²) in [5, 5.41) is 13.4. The van der Waals surface area contributed by atoms with E-state index in [9.17, 15) is 5.26 Å². The second-order valence-electron chi connectivity index (χ2n) is 11.4. The van der Waals surface area contributed by atoms with Crippen LogP contribution in [0, 0.1) is 11.3 Å². The van der Waals surface area contributed by atoms with Gasteiger partial charge in [0.2, 0.25) is 0 Å². The number of hydrogen-bond acceptors (Lipinski definition) is 6. The summed E-state index contributed by atoms with van der Waals surface area (Å²) >= 11 is 0. The highest BCUT2D eigenvalue weighted by atomic mass is 16.3. The van der Waals surface area contributed by atoms with Crippen LogP contribution in [0.3, 0.4) is 0 Å². The molecule has 0 bridgehead atoms. The number of pyridine rings is 4. The highest BCUT2D eigenvalue weighted by Crippen LogP contribution is 2.52. The second-order valence-corrected chi connectivity index (χ2v) is 11.4. The van der Waals surface area contributed by atoms with E-state index in [1.807, 2.05) is 78.9 Å². The first kappa shape index (κ1) is 27.4. The fourth-order valence-corrected chi connectivity index (χ4v) is 6.94. The Hall–Kier alpha value is -6.91. The van der Waals surface area contributed by atoms with Crippen LogP contribution in [-0.2, 0) is 0 Å². The number of nitriles is 1. The minimum absolute atomic E-state index is 0.519. The number of aromatic nitrogens is 5. The van der Waals surface area contributed by atoms with Crippen LogP contribution in [0.15, 0.2) is 151 Å². The number of para-hydroxylation sites is 2. The Morgan fingerprint density at radius 2 is 0.958 bits per heavy atom. The first-order chi connectivity index (χ1) is 23.8. The Labute approximate surface area is 275 Å². The quantitative estimate of drug-likeness (QED) is 0.191. The summed E-state index contributed by atoms with van der Waals surface area (Å²) in [6, 6.07) is 34.9. The van der Waals surface area contributed by atoms with Gasteiger partial charge in [-0.2, -0.15) is 5.26 Å². The number of rotatable bonds is 5. The van der Waals surface area contributed by atoms with Gasteiger partial charge in [0.25, 0.3) is 0 Å². The van der Waals surface area contributed by atoms with Crippen LogP contribution < -0.4 is 0 Å².